The molecule has 2 aromatic carbocycles. The number of hydrogen-bond donors (Lipinski definition) is 5. The van der Waals surface area contributed by atoms with E-state index in [4.69, 9.17) is 0 Å². The van der Waals surface area contributed by atoms with Gasteiger partial charge in [0, 0.05) is 34.1 Å². The minimum absolute atomic E-state index is 0.0555. The number of hydrogen-bond acceptors (Lipinski definition) is 9. The van der Waals surface area contributed by atoms with Crippen molar-refractivity contribution in [2.75, 3.05) is 17.3 Å². The van der Waals surface area contributed by atoms with Gasteiger partial charge < -0.3 is 26.4 Å². The monoisotopic (exact) mass is 919 g/mol. The van der Waals surface area contributed by atoms with Gasteiger partial charge in [-0.3, -0.25) is 24.2 Å². The van der Waals surface area contributed by atoms with Crippen LogP contribution in [-0.2, 0) is 32.1 Å². The highest BCUT2D eigenvalue weighted by atomic mass is 32.2. The minimum atomic E-state index is -1.03. The summed E-state index contributed by atoms with van der Waals surface area (Å²) >= 11 is 5.13. The smallest absolute Gasteiger partial charge is 0.244 e. The lowest BCUT2D eigenvalue weighted by molar-refractivity contribution is -0.134. The van der Waals surface area contributed by atoms with E-state index in [2.05, 4.69) is 71.3 Å². The highest BCUT2D eigenvalue weighted by Crippen LogP contribution is 2.36. The number of benzene rings is 2. The van der Waals surface area contributed by atoms with Crippen LogP contribution in [0.15, 0.2) is 66.9 Å². The quantitative estimate of drug-likeness (QED) is 0.0669. The van der Waals surface area contributed by atoms with Gasteiger partial charge in [0.15, 0.2) is 0 Å². The van der Waals surface area contributed by atoms with E-state index >= 15 is 0 Å². The summed E-state index contributed by atoms with van der Waals surface area (Å²) < 4.78 is -0.231. The molecule has 0 bridgehead atoms. The molecule has 63 heavy (non-hydrogen) atoms. The van der Waals surface area contributed by atoms with Gasteiger partial charge in [0.05, 0.1) is 34.9 Å². The summed E-state index contributed by atoms with van der Waals surface area (Å²) in [5, 5.41) is 27.0. The van der Waals surface area contributed by atoms with E-state index in [0.29, 0.717) is 30.9 Å². The lowest BCUT2D eigenvalue weighted by Gasteiger charge is -2.34. The molecular weight excluding hydrogens is 847 g/mol. The Morgan fingerprint density at radius 1 is 0.841 bits per heavy atom. The van der Waals surface area contributed by atoms with Crippen molar-refractivity contribution in [1.29, 1.82) is 0 Å². The predicted octanol–water partition coefficient (Wildman–Crippen LogP) is 8.54. The lowest BCUT2D eigenvalue weighted by atomic mass is 9.81. The Kier molecular flexibility index (Phi) is 20.0. The molecule has 0 radical (unpaired) electrons. The number of nitrogens with zero attached hydrogens (tertiary/aromatic N) is 1. The van der Waals surface area contributed by atoms with Crippen molar-refractivity contribution in [3.05, 3.63) is 78.1 Å². The highest BCUT2D eigenvalue weighted by molar-refractivity contribution is 8.20. The van der Waals surface area contributed by atoms with Crippen molar-refractivity contribution in [2.24, 2.45) is 29.6 Å². The topological polar surface area (TPSA) is 150 Å². The molecule has 10 nitrogen and oxygen atoms in total. The maximum absolute atomic E-state index is 14.7. The summed E-state index contributed by atoms with van der Waals surface area (Å²) in [7, 11) is 0. The Labute approximate surface area is 389 Å². The van der Waals surface area contributed by atoms with Crippen molar-refractivity contribution in [3.63, 3.8) is 0 Å². The molecule has 3 aromatic rings. The van der Waals surface area contributed by atoms with E-state index in [1.54, 1.807) is 41.5 Å². The fourth-order valence-electron chi connectivity index (χ4n) is 8.64. The zero-order chi connectivity index (χ0) is 45.5. The van der Waals surface area contributed by atoms with Crippen molar-refractivity contribution in [2.45, 2.75) is 146 Å². The number of nitrogens with one attached hydrogen (secondary N) is 4. The van der Waals surface area contributed by atoms with Gasteiger partial charge >= 0.3 is 0 Å². The number of thioether (sulfide) groups is 3. The maximum atomic E-state index is 14.7. The molecule has 0 spiro atoms. The maximum Gasteiger partial charge on any atom is 0.244 e. The summed E-state index contributed by atoms with van der Waals surface area (Å²) in [5.74, 6) is 0.398. The molecule has 2 unspecified atom stereocenters. The molecule has 1 aliphatic heterocycles. The molecule has 5 rings (SSSR count). The van der Waals surface area contributed by atoms with E-state index < -0.39 is 30.1 Å². The molecule has 1 aliphatic carbocycles. The molecule has 1 saturated carbocycles. The number of amides is 4. The molecule has 1 saturated heterocycles. The van der Waals surface area contributed by atoms with Crippen LogP contribution in [-0.4, -0.2) is 84.5 Å². The average Bonchev–Trinajstić information content (AvgIpc) is 3.81. The van der Waals surface area contributed by atoms with Crippen LogP contribution in [0.3, 0.4) is 0 Å². The third kappa shape index (κ3) is 15.7. The second-order valence-electron chi connectivity index (χ2n) is 19.0. The van der Waals surface area contributed by atoms with Crippen LogP contribution in [0.2, 0.25) is 0 Å². The number of carbonyl (C=O) groups excluding carboxylic acids is 4. The molecule has 346 valence electrons. The first-order valence-electron chi connectivity index (χ1n) is 23.2. The molecule has 2 fully saturated rings. The normalized spacial score (nSPS) is 18.5. The molecule has 4 amide bonds. The van der Waals surface area contributed by atoms with Crippen molar-refractivity contribution in [3.8, 4) is 0 Å². The lowest BCUT2D eigenvalue weighted by Crippen LogP contribution is -2.57. The second-order valence-corrected chi connectivity index (χ2v) is 23.6. The number of carbonyl (C=O) groups is 4. The fourth-order valence-corrected chi connectivity index (χ4v) is 12.6. The van der Waals surface area contributed by atoms with Crippen LogP contribution >= 0.6 is 35.3 Å². The molecule has 1 aromatic heterocycles. The van der Waals surface area contributed by atoms with E-state index in [1.807, 2.05) is 64.1 Å². The standard InChI is InChI=1S/C50H73N5O5S3/c1-8-33(4)43(47(59)52-30-38-22-14-15-24-51-38)54-46(58)40(32(2)3)29-42(56)41(27-34-17-10-9-11-18-34)53-48(60)44(49-61-25-26-62-49)55-45(57)37(31-63-50(5,6)7)28-36-21-16-20-35-19-12-13-23-39(35)36/h12-16,19-24,32-34,37,40-44,49,56H,8-11,17-18,25-31H2,1-7H3,(H,52,59)(H,53,60)(H,54,58)(H,55,57)/t33-,37-,40?,41?,42+,43+,44-/m1/s1. The first kappa shape index (κ1) is 50.7. The van der Waals surface area contributed by atoms with Crippen LogP contribution in [0.1, 0.15) is 111 Å². The molecular formula is C50H73N5O5S3. The highest BCUT2D eigenvalue weighted by Gasteiger charge is 2.39. The van der Waals surface area contributed by atoms with E-state index in [9.17, 15) is 24.3 Å². The average molecular weight is 920 g/mol. The van der Waals surface area contributed by atoms with Crippen molar-refractivity contribution >= 4 is 69.7 Å². The summed E-state index contributed by atoms with van der Waals surface area (Å²) in [6.45, 7) is 14.6. The Morgan fingerprint density at radius 3 is 2.21 bits per heavy atom. The molecule has 2 heterocycles. The Bertz CT molecular complexity index is 1910. The van der Waals surface area contributed by atoms with E-state index in [0.717, 1.165) is 59.2 Å². The summed E-state index contributed by atoms with van der Waals surface area (Å²) in [4.78, 5) is 61.4. The van der Waals surface area contributed by atoms with Gasteiger partial charge in [0.1, 0.15) is 12.1 Å². The number of aliphatic hydroxyl groups is 1. The first-order chi connectivity index (χ1) is 30.1. The largest absolute Gasteiger partial charge is 0.391 e. The molecule has 13 heteroatoms. The summed E-state index contributed by atoms with van der Waals surface area (Å²) in [5.41, 5.74) is 1.83. The Balaban J connectivity index is 1.34. The minimum Gasteiger partial charge on any atom is -0.391 e. The molecule has 7 atom stereocenters. The van der Waals surface area contributed by atoms with E-state index in [1.165, 1.54) is 6.42 Å². The van der Waals surface area contributed by atoms with Crippen LogP contribution in [0.5, 0.6) is 0 Å². The van der Waals surface area contributed by atoms with Gasteiger partial charge in [-0.1, -0.05) is 136 Å². The third-order valence-corrected chi connectivity index (χ3v) is 17.2. The van der Waals surface area contributed by atoms with Crippen LogP contribution in [0, 0.1) is 29.6 Å². The second kappa shape index (κ2) is 24.9. The van der Waals surface area contributed by atoms with Crippen LogP contribution < -0.4 is 21.3 Å². The fraction of sp³-hybridized carbons (Fsp3) is 0.620. The molecule has 5 N–H and O–H groups in total. The molecule has 2 aliphatic rings. The first-order valence-corrected chi connectivity index (χ1v) is 26.3. The predicted molar refractivity (Wildman–Crippen MR) is 264 cm³/mol. The summed E-state index contributed by atoms with van der Waals surface area (Å²) in [6.07, 6.45) is 8.01. The number of fused-ring (bicyclic) bond motifs is 1. The van der Waals surface area contributed by atoms with Gasteiger partial charge in [-0.2, -0.15) is 11.8 Å². The number of pyridine rings is 1. The van der Waals surface area contributed by atoms with Gasteiger partial charge in [-0.05, 0) is 65.5 Å². The van der Waals surface area contributed by atoms with Crippen LogP contribution in [0.25, 0.3) is 10.8 Å². The van der Waals surface area contributed by atoms with E-state index in [-0.39, 0.29) is 63.7 Å². The number of aromatic nitrogens is 1. The van der Waals surface area contributed by atoms with Crippen molar-refractivity contribution < 1.29 is 24.3 Å². The number of aliphatic hydroxyl groups excluding tert-OH is 1. The number of rotatable bonds is 22. The Morgan fingerprint density at radius 2 is 1.54 bits per heavy atom. The van der Waals surface area contributed by atoms with Crippen molar-refractivity contribution in [1.82, 2.24) is 26.3 Å². The third-order valence-electron chi connectivity index (χ3n) is 12.6. The van der Waals surface area contributed by atoms with Gasteiger partial charge in [-0.25, -0.2) is 0 Å². The van der Waals surface area contributed by atoms with Gasteiger partial charge in [-0.15, -0.1) is 23.5 Å². The zero-order valence-electron chi connectivity index (χ0n) is 38.6. The van der Waals surface area contributed by atoms with Gasteiger partial charge in [0.2, 0.25) is 23.6 Å². The van der Waals surface area contributed by atoms with Gasteiger partial charge in [0.25, 0.3) is 0 Å². The Hall–Kier alpha value is -3.26. The SMILES string of the molecule is CC[C@@H](C)[C@H](NC(=O)C(C[C@H](O)C(CC1CCCCC1)NC(=O)[C@@H](NC(=O)[C@@H](CSC(C)(C)C)Cc1cccc2ccccc12)C1SCCS1)C(C)C)C(=O)NCc1ccccn1. The summed E-state index contributed by atoms with van der Waals surface area (Å²) in [6, 6.07) is 17.8. The zero-order valence-corrected chi connectivity index (χ0v) is 41.0. The van der Waals surface area contributed by atoms with Crippen LogP contribution in [0.4, 0.5) is 0 Å².